The van der Waals surface area contributed by atoms with Crippen LogP contribution < -0.4 is 5.32 Å². The number of hydrogen-bond acceptors (Lipinski definition) is 3. The highest BCUT2D eigenvalue weighted by molar-refractivity contribution is 5.76. The average molecular weight is 392 g/mol. The number of rotatable bonds is 4. The van der Waals surface area contributed by atoms with Gasteiger partial charge in [-0.1, -0.05) is 12.1 Å². The van der Waals surface area contributed by atoms with E-state index in [4.69, 9.17) is 4.74 Å². The van der Waals surface area contributed by atoms with Gasteiger partial charge in [0.15, 0.2) is 0 Å². The molecule has 2 saturated heterocycles. The maximum absolute atomic E-state index is 13.1. The largest absolute Gasteiger partial charge is 0.381 e. The predicted octanol–water partition coefficient (Wildman–Crippen LogP) is 2.27. The van der Waals surface area contributed by atoms with E-state index in [2.05, 4.69) is 5.32 Å². The van der Waals surface area contributed by atoms with Crippen molar-refractivity contribution in [1.29, 1.82) is 0 Å². The summed E-state index contributed by atoms with van der Waals surface area (Å²) in [5.41, 5.74) is 0.845. The molecule has 4 amide bonds. The Morgan fingerprint density at radius 1 is 1.14 bits per heavy atom. The maximum atomic E-state index is 13.1. The molecule has 0 bridgehead atoms. The van der Waals surface area contributed by atoms with Crippen LogP contribution in [0, 0.1) is 5.82 Å². The smallest absolute Gasteiger partial charge is 0.319 e. The number of nitrogens with zero attached hydrogens (tertiary/aromatic N) is 3. The highest BCUT2D eigenvalue weighted by Gasteiger charge is 2.37. The van der Waals surface area contributed by atoms with Crippen LogP contribution in [0.15, 0.2) is 24.3 Å². The van der Waals surface area contributed by atoms with Gasteiger partial charge in [-0.3, -0.25) is 0 Å². The molecule has 2 aliphatic rings. The normalized spacial score (nSPS) is 20.1. The van der Waals surface area contributed by atoms with Gasteiger partial charge in [0.2, 0.25) is 0 Å². The molecule has 3 rings (SSSR count). The second-order valence-electron chi connectivity index (χ2n) is 7.60. The molecule has 0 spiro atoms. The van der Waals surface area contributed by atoms with Gasteiger partial charge in [-0.25, -0.2) is 14.0 Å². The Morgan fingerprint density at radius 2 is 1.82 bits per heavy atom. The number of benzene rings is 1. The van der Waals surface area contributed by atoms with Gasteiger partial charge in [0.05, 0.1) is 6.04 Å². The molecular weight excluding hydrogens is 363 g/mol. The summed E-state index contributed by atoms with van der Waals surface area (Å²) in [6, 6.07) is 6.03. The van der Waals surface area contributed by atoms with Crippen LogP contribution in [0.5, 0.6) is 0 Å². The lowest BCUT2D eigenvalue weighted by atomic mass is 10.0. The van der Waals surface area contributed by atoms with E-state index in [1.165, 1.54) is 12.1 Å². The van der Waals surface area contributed by atoms with Crippen LogP contribution in [0.2, 0.25) is 0 Å². The molecule has 1 atom stereocenters. The SMILES string of the molecule is CN(C)C(=O)N1CCC(N(C(=O)NCc2ccc(F)cc2)C2CCOCC2)C1. The van der Waals surface area contributed by atoms with Gasteiger partial charge in [-0.2, -0.15) is 0 Å². The molecule has 0 saturated carbocycles. The molecule has 7 nitrogen and oxygen atoms in total. The van der Waals surface area contributed by atoms with E-state index in [9.17, 15) is 14.0 Å². The summed E-state index contributed by atoms with van der Waals surface area (Å²) in [7, 11) is 3.47. The molecule has 0 radical (unpaired) electrons. The highest BCUT2D eigenvalue weighted by Crippen LogP contribution is 2.24. The third-order valence-electron chi connectivity index (χ3n) is 5.39. The standard InChI is InChI=1S/C20H29FN4O3/c1-23(2)20(27)24-10-7-18(14-24)25(17-8-11-28-12-9-17)19(26)22-13-15-3-5-16(21)6-4-15/h3-6,17-18H,7-14H2,1-2H3,(H,22,26). The Labute approximate surface area is 165 Å². The lowest BCUT2D eigenvalue weighted by Crippen LogP contribution is -2.54. The first-order valence-corrected chi connectivity index (χ1v) is 9.80. The molecule has 2 heterocycles. The topological polar surface area (TPSA) is 65.1 Å². The molecular formula is C20H29FN4O3. The second-order valence-corrected chi connectivity index (χ2v) is 7.60. The maximum Gasteiger partial charge on any atom is 0.319 e. The van der Waals surface area contributed by atoms with E-state index in [1.54, 1.807) is 36.0 Å². The van der Waals surface area contributed by atoms with Crippen molar-refractivity contribution in [3.05, 3.63) is 35.6 Å². The molecule has 1 unspecified atom stereocenters. The second kappa shape index (κ2) is 9.23. The van der Waals surface area contributed by atoms with Crippen molar-refractivity contribution in [2.75, 3.05) is 40.4 Å². The molecule has 1 N–H and O–H groups in total. The van der Waals surface area contributed by atoms with Gasteiger partial charge in [0, 0.05) is 53.0 Å². The van der Waals surface area contributed by atoms with E-state index in [-0.39, 0.29) is 30.0 Å². The fraction of sp³-hybridized carbons (Fsp3) is 0.600. The quantitative estimate of drug-likeness (QED) is 0.855. The number of likely N-dealkylation sites (tertiary alicyclic amines) is 1. The molecule has 2 aliphatic heterocycles. The van der Waals surface area contributed by atoms with Crippen molar-refractivity contribution >= 4 is 12.1 Å². The van der Waals surface area contributed by atoms with Crippen molar-refractivity contribution < 1.29 is 18.7 Å². The Kier molecular flexibility index (Phi) is 6.72. The lowest BCUT2D eigenvalue weighted by Gasteiger charge is -2.38. The number of amides is 4. The number of nitrogens with one attached hydrogen (secondary N) is 1. The van der Waals surface area contributed by atoms with Crippen LogP contribution in [0.1, 0.15) is 24.8 Å². The highest BCUT2D eigenvalue weighted by atomic mass is 19.1. The fourth-order valence-electron chi connectivity index (χ4n) is 3.89. The third kappa shape index (κ3) is 4.92. The van der Waals surface area contributed by atoms with E-state index in [1.807, 2.05) is 4.90 Å². The number of ether oxygens (including phenoxy) is 1. The zero-order chi connectivity index (χ0) is 20.1. The molecule has 28 heavy (non-hydrogen) atoms. The van der Waals surface area contributed by atoms with Crippen LogP contribution in [-0.2, 0) is 11.3 Å². The summed E-state index contributed by atoms with van der Waals surface area (Å²) in [4.78, 5) is 30.6. The van der Waals surface area contributed by atoms with E-state index < -0.39 is 0 Å². The van der Waals surface area contributed by atoms with Gasteiger partial charge in [0.25, 0.3) is 0 Å². The van der Waals surface area contributed by atoms with E-state index in [0.29, 0.717) is 32.8 Å². The fourth-order valence-corrected chi connectivity index (χ4v) is 3.89. The molecule has 1 aromatic carbocycles. The van der Waals surface area contributed by atoms with Crippen molar-refractivity contribution in [2.24, 2.45) is 0 Å². The first-order valence-electron chi connectivity index (χ1n) is 9.80. The van der Waals surface area contributed by atoms with Crippen molar-refractivity contribution in [1.82, 2.24) is 20.0 Å². The lowest BCUT2D eigenvalue weighted by molar-refractivity contribution is 0.0343. The number of halogens is 1. The van der Waals surface area contributed by atoms with Crippen LogP contribution in [0.25, 0.3) is 0 Å². The predicted molar refractivity (Wildman–Crippen MR) is 103 cm³/mol. The molecule has 0 aromatic heterocycles. The first-order chi connectivity index (χ1) is 13.5. The van der Waals surface area contributed by atoms with Crippen molar-refractivity contribution in [3.8, 4) is 0 Å². The first kappa shape index (κ1) is 20.4. The van der Waals surface area contributed by atoms with Crippen LogP contribution in [0.4, 0.5) is 14.0 Å². The van der Waals surface area contributed by atoms with Gasteiger partial charge >= 0.3 is 12.1 Å². The van der Waals surface area contributed by atoms with Crippen LogP contribution in [-0.4, -0.2) is 79.2 Å². The van der Waals surface area contributed by atoms with Crippen LogP contribution >= 0.6 is 0 Å². The summed E-state index contributed by atoms with van der Waals surface area (Å²) in [5, 5.41) is 2.97. The summed E-state index contributed by atoms with van der Waals surface area (Å²) < 4.78 is 18.5. The zero-order valence-electron chi connectivity index (χ0n) is 16.6. The number of hydrogen-bond donors (Lipinski definition) is 1. The molecule has 154 valence electrons. The number of urea groups is 2. The van der Waals surface area contributed by atoms with Gasteiger partial charge in [-0.15, -0.1) is 0 Å². The van der Waals surface area contributed by atoms with E-state index in [0.717, 1.165) is 24.8 Å². The van der Waals surface area contributed by atoms with Gasteiger partial charge in [0.1, 0.15) is 5.82 Å². The number of carbonyl (C=O) groups is 2. The summed E-state index contributed by atoms with van der Waals surface area (Å²) >= 11 is 0. The molecule has 8 heteroatoms. The summed E-state index contributed by atoms with van der Waals surface area (Å²) in [6.07, 6.45) is 2.35. The average Bonchev–Trinajstić information content (AvgIpc) is 3.17. The summed E-state index contributed by atoms with van der Waals surface area (Å²) in [6.45, 7) is 2.80. The van der Waals surface area contributed by atoms with Gasteiger partial charge in [-0.05, 0) is 37.0 Å². The van der Waals surface area contributed by atoms with E-state index >= 15 is 0 Å². The minimum Gasteiger partial charge on any atom is -0.381 e. The van der Waals surface area contributed by atoms with Crippen LogP contribution in [0.3, 0.4) is 0 Å². The minimum atomic E-state index is -0.296. The Bertz CT molecular complexity index is 677. The zero-order valence-corrected chi connectivity index (χ0v) is 16.6. The molecule has 2 fully saturated rings. The minimum absolute atomic E-state index is 0.0137. The Morgan fingerprint density at radius 3 is 2.46 bits per heavy atom. The monoisotopic (exact) mass is 392 g/mol. The van der Waals surface area contributed by atoms with Crippen molar-refractivity contribution in [2.45, 2.75) is 37.9 Å². The summed E-state index contributed by atoms with van der Waals surface area (Å²) in [5.74, 6) is -0.296. The molecule has 0 aliphatic carbocycles. The van der Waals surface area contributed by atoms with Crippen molar-refractivity contribution in [3.63, 3.8) is 0 Å². The Balaban J connectivity index is 1.67. The molecule has 1 aromatic rings. The van der Waals surface area contributed by atoms with Gasteiger partial charge < -0.3 is 24.8 Å². The third-order valence-corrected chi connectivity index (χ3v) is 5.39. The Hall–Kier alpha value is -2.35. The number of carbonyl (C=O) groups excluding carboxylic acids is 2.